The van der Waals surface area contributed by atoms with Crippen molar-refractivity contribution in [2.45, 2.75) is 26.3 Å². The van der Waals surface area contributed by atoms with E-state index in [1.165, 1.54) is 5.56 Å². The van der Waals surface area contributed by atoms with Gasteiger partial charge in [0.05, 0.1) is 0 Å². The summed E-state index contributed by atoms with van der Waals surface area (Å²) in [6.07, 6.45) is 1.87. The summed E-state index contributed by atoms with van der Waals surface area (Å²) >= 11 is 0. The predicted octanol–water partition coefficient (Wildman–Crippen LogP) is 4.28. The molecule has 2 aromatic carbocycles. The van der Waals surface area contributed by atoms with Gasteiger partial charge in [-0.25, -0.2) is 4.79 Å². The Morgan fingerprint density at radius 1 is 1.05 bits per heavy atom. The number of rotatable bonds is 5. The maximum absolute atomic E-state index is 11.6. The van der Waals surface area contributed by atoms with E-state index in [0.29, 0.717) is 12.2 Å². The summed E-state index contributed by atoms with van der Waals surface area (Å²) in [5.41, 5.74) is 3.55. The maximum Gasteiger partial charge on any atom is 0.352 e. The molecule has 0 aliphatic rings. The lowest BCUT2D eigenvalue weighted by Gasteiger charge is -2.09. The highest BCUT2D eigenvalue weighted by Gasteiger charge is 2.18. The lowest BCUT2D eigenvalue weighted by Crippen LogP contribution is -2.10. The Kier molecular flexibility index (Phi) is 3.96. The molecule has 1 aromatic heterocycles. The van der Waals surface area contributed by atoms with Crippen molar-refractivity contribution in [2.24, 2.45) is 0 Å². The molecule has 3 aromatic rings. The Morgan fingerprint density at radius 2 is 1.73 bits per heavy atom. The van der Waals surface area contributed by atoms with Crippen LogP contribution in [0.4, 0.5) is 0 Å². The van der Waals surface area contributed by atoms with Crippen LogP contribution in [0.3, 0.4) is 0 Å². The molecule has 0 bridgehead atoms. The summed E-state index contributed by atoms with van der Waals surface area (Å²) in [5.74, 6) is -0.853. The van der Waals surface area contributed by atoms with Crippen molar-refractivity contribution in [1.82, 2.24) is 4.57 Å². The molecule has 1 N–H and O–H groups in total. The molecule has 3 heteroatoms. The Morgan fingerprint density at radius 3 is 2.45 bits per heavy atom. The molecule has 0 amide bonds. The summed E-state index contributed by atoms with van der Waals surface area (Å²) in [6, 6.07) is 18.2. The number of para-hydroxylation sites is 1. The van der Waals surface area contributed by atoms with Crippen molar-refractivity contribution in [2.75, 3.05) is 0 Å². The molecule has 3 nitrogen and oxygen atoms in total. The minimum Gasteiger partial charge on any atom is -0.477 e. The fourth-order valence-electron chi connectivity index (χ4n) is 3.07. The van der Waals surface area contributed by atoms with Crippen LogP contribution in [0.5, 0.6) is 0 Å². The van der Waals surface area contributed by atoms with Gasteiger partial charge in [0.25, 0.3) is 0 Å². The Hall–Kier alpha value is -2.55. The second kappa shape index (κ2) is 6.06. The average Bonchev–Trinajstić information content (AvgIpc) is 2.82. The second-order valence-electron chi connectivity index (χ2n) is 5.54. The van der Waals surface area contributed by atoms with Crippen LogP contribution in [-0.2, 0) is 13.0 Å². The number of aromatic nitrogens is 1. The van der Waals surface area contributed by atoms with Crippen LogP contribution in [0.2, 0.25) is 0 Å². The molecule has 0 radical (unpaired) electrons. The third kappa shape index (κ3) is 2.62. The molecule has 0 saturated carbocycles. The fourth-order valence-corrected chi connectivity index (χ4v) is 3.07. The van der Waals surface area contributed by atoms with Crippen LogP contribution in [0.25, 0.3) is 10.9 Å². The topological polar surface area (TPSA) is 42.2 Å². The quantitative estimate of drug-likeness (QED) is 0.763. The van der Waals surface area contributed by atoms with E-state index in [4.69, 9.17) is 0 Å². The molecule has 0 fully saturated rings. The predicted molar refractivity (Wildman–Crippen MR) is 88.4 cm³/mol. The molecule has 22 heavy (non-hydrogen) atoms. The first kappa shape index (κ1) is 14.4. The monoisotopic (exact) mass is 293 g/mol. The number of hydrogen-bond acceptors (Lipinski definition) is 1. The first-order valence-corrected chi connectivity index (χ1v) is 7.53. The van der Waals surface area contributed by atoms with Gasteiger partial charge in [0.1, 0.15) is 5.69 Å². The van der Waals surface area contributed by atoms with E-state index < -0.39 is 5.97 Å². The third-order valence-electron chi connectivity index (χ3n) is 4.12. The Labute approximate surface area is 129 Å². The molecule has 0 spiro atoms. The van der Waals surface area contributed by atoms with Crippen LogP contribution >= 0.6 is 0 Å². The number of aryl methyl sites for hydroxylation is 3. The van der Waals surface area contributed by atoms with Gasteiger partial charge in [-0.2, -0.15) is 0 Å². The molecule has 3 rings (SSSR count). The summed E-state index contributed by atoms with van der Waals surface area (Å²) in [7, 11) is 0. The lowest BCUT2D eigenvalue weighted by molar-refractivity contribution is 0.0684. The smallest absolute Gasteiger partial charge is 0.352 e. The SMILES string of the molecule is Cc1c(C(=O)O)n(CCCc2ccccc2)c2ccccc12. The van der Waals surface area contributed by atoms with E-state index in [1.807, 2.05) is 54.0 Å². The number of carboxylic acid groups (broad SMARTS) is 1. The highest BCUT2D eigenvalue weighted by Crippen LogP contribution is 2.26. The molecule has 0 saturated heterocycles. The summed E-state index contributed by atoms with van der Waals surface area (Å²) < 4.78 is 1.94. The van der Waals surface area contributed by atoms with Crippen LogP contribution < -0.4 is 0 Å². The van der Waals surface area contributed by atoms with E-state index >= 15 is 0 Å². The standard InChI is InChI=1S/C19H19NO2/c1-14-16-11-5-6-12-17(16)20(18(14)19(21)22)13-7-10-15-8-3-2-4-9-15/h2-6,8-9,11-12H,7,10,13H2,1H3,(H,21,22). The number of carbonyl (C=O) groups is 1. The van der Waals surface area contributed by atoms with Gasteiger partial charge in [0.15, 0.2) is 0 Å². The van der Waals surface area contributed by atoms with Gasteiger partial charge in [0.2, 0.25) is 0 Å². The van der Waals surface area contributed by atoms with Gasteiger partial charge in [0, 0.05) is 17.4 Å². The second-order valence-corrected chi connectivity index (χ2v) is 5.54. The van der Waals surface area contributed by atoms with E-state index in [-0.39, 0.29) is 0 Å². The molecule has 112 valence electrons. The molecule has 0 aliphatic carbocycles. The van der Waals surface area contributed by atoms with Crippen molar-refractivity contribution in [3.8, 4) is 0 Å². The molecule has 0 aliphatic heterocycles. The molecular weight excluding hydrogens is 274 g/mol. The number of aromatic carboxylic acids is 1. The summed E-state index contributed by atoms with van der Waals surface area (Å²) in [5, 5.41) is 10.6. The normalized spacial score (nSPS) is 11.0. The third-order valence-corrected chi connectivity index (χ3v) is 4.12. The van der Waals surface area contributed by atoms with Crippen LogP contribution in [0, 0.1) is 6.92 Å². The van der Waals surface area contributed by atoms with Crippen molar-refractivity contribution < 1.29 is 9.90 Å². The minimum atomic E-state index is -0.853. The zero-order chi connectivity index (χ0) is 15.5. The van der Waals surface area contributed by atoms with Gasteiger partial charge >= 0.3 is 5.97 Å². The number of benzene rings is 2. The van der Waals surface area contributed by atoms with Crippen molar-refractivity contribution >= 4 is 16.9 Å². The Balaban J connectivity index is 1.89. The number of carboxylic acids is 1. The molecule has 1 heterocycles. The molecule has 0 atom stereocenters. The Bertz CT molecular complexity index is 803. The average molecular weight is 293 g/mol. The molecule has 0 unspecified atom stereocenters. The number of fused-ring (bicyclic) bond motifs is 1. The minimum absolute atomic E-state index is 0.411. The lowest BCUT2D eigenvalue weighted by atomic mass is 10.1. The van der Waals surface area contributed by atoms with Crippen LogP contribution in [-0.4, -0.2) is 15.6 Å². The highest BCUT2D eigenvalue weighted by atomic mass is 16.4. The fraction of sp³-hybridized carbons (Fsp3) is 0.211. The molecular formula is C19H19NO2. The van der Waals surface area contributed by atoms with E-state index in [1.54, 1.807) is 0 Å². The van der Waals surface area contributed by atoms with Gasteiger partial charge in [-0.05, 0) is 37.0 Å². The summed E-state index contributed by atoms with van der Waals surface area (Å²) in [4.78, 5) is 11.6. The van der Waals surface area contributed by atoms with Gasteiger partial charge in [-0.3, -0.25) is 0 Å². The zero-order valence-corrected chi connectivity index (χ0v) is 12.6. The first-order chi connectivity index (χ1) is 10.7. The van der Waals surface area contributed by atoms with E-state index in [0.717, 1.165) is 29.3 Å². The van der Waals surface area contributed by atoms with E-state index in [2.05, 4.69) is 12.1 Å². The first-order valence-electron chi connectivity index (χ1n) is 7.53. The maximum atomic E-state index is 11.6. The summed E-state index contributed by atoms with van der Waals surface area (Å²) in [6.45, 7) is 2.60. The van der Waals surface area contributed by atoms with E-state index in [9.17, 15) is 9.90 Å². The van der Waals surface area contributed by atoms with Crippen LogP contribution in [0.15, 0.2) is 54.6 Å². The van der Waals surface area contributed by atoms with Crippen molar-refractivity contribution in [3.05, 3.63) is 71.4 Å². The van der Waals surface area contributed by atoms with Crippen LogP contribution in [0.1, 0.15) is 28.0 Å². The highest BCUT2D eigenvalue weighted by molar-refractivity contribution is 5.98. The largest absolute Gasteiger partial charge is 0.477 e. The van der Waals surface area contributed by atoms with Crippen molar-refractivity contribution in [3.63, 3.8) is 0 Å². The van der Waals surface area contributed by atoms with Gasteiger partial charge in [-0.1, -0.05) is 48.5 Å². The van der Waals surface area contributed by atoms with Gasteiger partial charge < -0.3 is 9.67 Å². The van der Waals surface area contributed by atoms with Crippen molar-refractivity contribution in [1.29, 1.82) is 0 Å². The zero-order valence-electron chi connectivity index (χ0n) is 12.6. The number of nitrogens with zero attached hydrogens (tertiary/aromatic N) is 1. The van der Waals surface area contributed by atoms with Gasteiger partial charge in [-0.15, -0.1) is 0 Å². The number of hydrogen-bond donors (Lipinski definition) is 1.